The summed E-state index contributed by atoms with van der Waals surface area (Å²) in [6.07, 6.45) is 1.59. The zero-order valence-electron chi connectivity index (χ0n) is 24.3. The van der Waals surface area contributed by atoms with Crippen LogP contribution in [0.2, 0.25) is 5.02 Å². The van der Waals surface area contributed by atoms with Gasteiger partial charge >= 0.3 is 12.0 Å². The number of benzene rings is 2. The Bertz CT molecular complexity index is 1640. The summed E-state index contributed by atoms with van der Waals surface area (Å²) in [5, 5.41) is 23.6. The van der Waals surface area contributed by atoms with Gasteiger partial charge in [0, 0.05) is 33.9 Å². The average molecular weight is 593 g/mol. The minimum Gasteiger partial charge on any atom is -0.480 e. The van der Waals surface area contributed by atoms with Crippen LogP contribution in [0.3, 0.4) is 0 Å². The number of aryl methyl sites for hydroxylation is 1. The van der Waals surface area contributed by atoms with Crippen molar-refractivity contribution in [1.82, 2.24) is 20.1 Å². The van der Waals surface area contributed by atoms with E-state index in [4.69, 9.17) is 25.6 Å². The van der Waals surface area contributed by atoms with Gasteiger partial charge in [-0.1, -0.05) is 49.7 Å². The van der Waals surface area contributed by atoms with Crippen molar-refractivity contribution in [3.63, 3.8) is 0 Å². The number of anilines is 2. The molecule has 0 amide bonds. The Morgan fingerprint density at radius 1 is 1.17 bits per heavy atom. The maximum Gasteiger partial charge on any atom is 0.327 e. The fourth-order valence-electron chi connectivity index (χ4n) is 5.46. The molecule has 0 fully saturated rings. The number of likely N-dealkylation sites (N-methyl/N-ethyl adjacent to an activating group) is 1. The summed E-state index contributed by atoms with van der Waals surface area (Å²) in [6, 6.07) is 11.7. The molecule has 0 saturated carbocycles. The van der Waals surface area contributed by atoms with Crippen LogP contribution in [0.4, 0.5) is 11.4 Å². The highest BCUT2D eigenvalue weighted by Gasteiger charge is 2.48. The summed E-state index contributed by atoms with van der Waals surface area (Å²) in [4.78, 5) is 21.9. The van der Waals surface area contributed by atoms with Crippen LogP contribution in [0, 0.1) is 12.8 Å². The number of aromatic nitrogens is 3. The normalized spacial score (nSPS) is 16.4. The number of nitrogens with one attached hydrogen (secondary N) is 1. The summed E-state index contributed by atoms with van der Waals surface area (Å²) in [5.41, 5.74) is 5.01. The van der Waals surface area contributed by atoms with E-state index in [0.29, 0.717) is 28.4 Å². The maximum atomic E-state index is 13.2. The average Bonchev–Trinajstić information content (AvgIpc) is 3.53. The molecule has 4 aromatic rings. The number of ether oxygens (including phenoxy) is 2. The van der Waals surface area contributed by atoms with Crippen molar-refractivity contribution in [3.8, 4) is 11.9 Å². The number of fused-ring (bicyclic) bond motifs is 1. The van der Waals surface area contributed by atoms with Crippen LogP contribution in [-0.2, 0) is 4.79 Å². The van der Waals surface area contributed by atoms with E-state index in [1.54, 1.807) is 23.3 Å². The van der Waals surface area contributed by atoms with E-state index in [-0.39, 0.29) is 17.8 Å². The molecule has 1 aliphatic heterocycles. The number of carboxylic acid groups (broad SMARTS) is 1. The number of hydrogen-bond donors (Lipinski definition) is 2. The number of nitrogens with zero attached hydrogens (tertiary/aromatic N) is 5. The van der Waals surface area contributed by atoms with Crippen molar-refractivity contribution >= 4 is 39.9 Å². The predicted octanol–water partition coefficient (Wildman–Crippen LogP) is 5.87. The van der Waals surface area contributed by atoms with Crippen LogP contribution in [-0.4, -0.2) is 58.0 Å². The molecule has 42 heavy (non-hydrogen) atoms. The van der Waals surface area contributed by atoms with Crippen LogP contribution < -0.4 is 19.8 Å². The second-order valence-corrected chi connectivity index (χ2v) is 10.6. The number of carbonyl (C=O) groups is 1. The van der Waals surface area contributed by atoms with Crippen LogP contribution >= 0.6 is 11.6 Å². The Labute approximate surface area is 248 Å². The Morgan fingerprint density at radius 2 is 1.90 bits per heavy atom. The molecule has 1 aliphatic rings. The summed E-state index contributed by atoms with van der Waals surface area (Å²) in [5.74, 6) is -0.843. The van der Waals surface area contributed by atoms with Gasteiger partial charge < -0.3 is 24.4 Å². The number of rotatable bonds is 10. The van der Waals surface area contributed by atoms with E-state index >= 15 is 0 Å². The van der Waals surface area contributed by atoms with E-state index in [1.165, 1.54) is 14.2 Å². The fourth-order valence-corrected chi connectivity index (χ4v) is 5.59. The summed E-state index contributed by atoms with van der Waals surface area (Å²) >= 11 is 6.27. The van der Waals surface area contributed by atoms with E-state index in [0.717, 1.165) is 28.0 Å². The molecule has 2 atom stereocenters. The van der Waals surface area contributed by atoms with Gasteiger partial charge in [0.05, 0.1) is 32.2 Å². The lowest BCUT2D eigenvalue weighted by molar-refractivity contribution is -0.141. The van der Waals surface area contributed by atoms with Crippen molar-refractivity contribution < 1.29 is 23.9 Å². The van der Waals surface area contributed by atoms with Gasteiger partial charge in [-0.05, 0) is 48.7 Å². The molecular formula is C30H33ClN6O5. The molecule has 11 nitrogen and oxygen atoms in total. The van der Waals surface area contributed by atoms with Gasteiger partial charge in [-0.2, -0.15) is 9.99 Å². The first-order valence-corrected chi connectivity index (χ1v) is 13.9. The molecule has 0 bridgehead atoms. The van der Waals surface area contributed by atoms with Gasteiger partial charge in [0.15, 0.2) is 11.6 Å². The first kappa shape index (κ1) is 29.2. The van der Waals surface area contributed by atoms with Crippen molar-refractivity contribution in [1.29, 1.82) is 0 Å². The van der Waals surface area contributed by atoms with E-state index < -0.39 is 18.1 Å². The monoisotopic (exact) mass is 592 g/mol. The quantitative estimate of drug-likeness (QED) is 0.229. The second kappa shape index (κ2) is 11.9. The lowest BCUT2D eigenvalue weighted by Gasteiger charge is -2.34. The summed E-state index contributed by atoms with van der Waals surface area (Å²) < 4.78 is 16.3. The lowest BCUT2D eigenvalue weighted by atomic mass is 9.89. The Hall–Kier alpha value is -4.35. The predicted molar refractivity (Wildman–Crippen MR) is 160 cm³/mol. The molecule has 2 aromatic carbocycles. The number of allylic oxidation sites excluding steroid dienone is 1. The molecule has 0 radical (unpaired) electrons. The topological polar surface area (TPSA) is 126 Å². The number of hydrogen-bond acceptors (Lipinski definition) is 10. The van der Waals surface area contributed by atoms with Crippen LogP contribution in [0.25, 0.3) is 11.0 Å². The molecule has 12 heteroatoms. The van der Waals surface area contributed by atoms with Crippen molar-refractivity contribution in [3.05, 3.63) is 76.2 Å². The molecule has 2 aromatic heterocycles. The minimum atomic E-state index is -1.02. The molecule has 0 saturated heterocycles. The molecule has 0 spiro atoms. The third kappa shape index (κ3) is 5.21. The van der Waals surface area contributed by atoms with Crippen LogP contribution in [0.1, 0.15) is 38.1 Å². The van der Waals surface area contributed by atoms with E-state index in [2.05, 4.69) is 20.4 Å². The number of halogens is 1. The molecule has 0 aliphatic carbocycles. The summed E-state index contributed by atoms with van der Waals surface area (Å²) in [7, 11) is 2.98. The van der Waals surface area contributed by atoms with Gasteiger partial charge in [-0.3, -0.25) is 9.80 Å². The minimum absolute atomic E-state index is 0.107. The molecule has 5 rings (SSSR count). The van der Waals surface area contributed by atoms with Crippen molar-refractivity contribution in [2.45, 2.75) is 39.8 Å². The highest BCUT2D eigenvalue weighted by Crippen LogP contribution is 2.46. The molecule has 2 unspecified atom stereocenters. The SMILES string of the molecule is CCN1C(C(=O)O)C(C(Nc2ccc3onc(C)c3c2)c2ccc(Cl)cc2)=C(C(C)C)N1c1cnc(OC)nc1OC. The maximum absolute atomic E-state index is 13.2. The molecule has 2 N–H and O–H groups in total. The number of hydrazine groups is 1. The van der Waals surface area contributed by atoms with Gasteiger partial charge in [-0.15, -0.1) is 0 Å². The first-order chi connectivity index (χ1) is 20.2. The number of methoxy groups -OCH3 is 2. The van der Waals surface area contributed by atoms with Gasteiger partial charge in [-0.25, -0.2) is 4.98 Å². The molecule has 220 valence electrons. The van der Waals surface area contributed by atoms with E-state index in [1.807, 2.05) is 63.0 Å². The van der Waals surface area contributed by atoms with Gasteiger partial charge in [0.25, 0.3) is 0 Å². The number of aliphatic carboxylic acids is 1. The smallest absolute Gasteiger partial charge is 0.327 e. The van der Waals surface area contributed by atoms with Crippen LogP contribution in [0.15, 0.2) is 64.5 Å². The van der Waals surface area contributed by atoms with E-state index in [9.17, 15) is 9.90 Å². The Balaban J connectivity index is 1.76. The van der Waals surface area contributed by atoms with Gasteiger partial charge in [0.2, 0.25) is 5.88 Å². The highest BCUT2D eigenvalue weighted by atomic mass is 35.5. The zero-order valence-corrected chi connectivity index (χ0v) is 25.0. The number of carboxylic acids is 1. The third-order valence-electron chi connectivity index (χ3n) is 7.27. The Kier molecular flexibility index (Phi) is 8.24. The standard InChI is InChI=1S/C30H33ClN6O5/c1-7-36-27(29(38)39)24(26(16(2)3)37(36)22-15-32-30(41-6)34-28(22)40-5)25(18-8-10-19(31)11-9-18)33-20-12-13-23-21(14-20)17(4)35-42-23/h8-16,25,27,33H,7H2,1-6H3,(H,38,39). The van der Waals surface area contributed by atoms with Crippen LogP contribution in [0.5, 0.6) is 11.9 Å². The van der Waals surface area contributed by atoms with Crippen molar-refractivity contribution in [2.75, 3.05) is 31.1 Å². The third-order valence-corrected chi connectivity index (χ3v) is 7.52. The largest absolute Gasteiger partial charge is 0.480 e. The zero-order chi connectivity index (χ0) is 30.1. The fraction of sp³-hybridized carbons (Fsp3) is 0.333. The first-order valence-electron chi connectivity index (χ1n) is 13.5. The lowest BCUT2D eigenvalue weighted by Crippen LogP contribution is -2.47. The van der Waals surface area contributed by atoms with Crippen molar-refractivity contribution in [2.24, 2.45) is 5.92 Å². The summed E-state index contributed by atoms with van der Waals surface area (Å²) in [6.45, 7) is 8.23. The molecule has 3 heterocycles. The van der Waals surface area contributed by atoms with Gasteiger partial charge in [0.1, 0.15) is 5.69 Å². The molecular weight excluding hydrogens is 560 g/mol. The second-order valence-electron chi connectivity index (χ2n) is 10.2. The highest BCUT2D eigenvalue weighted by molar-refractivity contribution is 6.30. The Morgan fingerprint density at radius 3 is 2.52 bits per heavy atom.